The van der Waals surface area contributed by atoms with Crippen LogP contribution in [0.15, 0.2) is 0 Å². The van der Waals surface area contributed by atoms with Gasteiger partial charge >= 0.3 is 0 Å². The molecule has 114 valence electrons. The summed E-state index contributed by atoms with van der Waals surface area (Å²) in [5.74, 6) is 1.63. The topological polar surface area (TPSA) is 93.2 Å². The van der Waals surface area contributed by atoms with E-state index in [0.717, 1.165) is 25.9 Å². The molecule has 1 heterocycles. The van der Waals surface area contributed by atoms with Crippen LogP contribution in [0.5, 0.6) is 0 Å². The van der Waals surface area contributed by atoms with Crippen molar-refractivity contribution < 1.29 is 9.47 Å². The van der Waals surface area contributed by atoms with Gasteiger partial charge in [0.05, 0.1) is 0 Å². The first-order chi connectivity index (χ1) is 9.80. The normalized spacial score (nSPS) is 10.3. The molecule has 1 aromatic heterocycles. The van der Waals surface area contributed by atoms with E-state index in [2.05, 4.69) is 30.9 Å². The van der Waals surface area contributed by atoms with Crippen molar-refractivity contribution >= 4 is 17.8 Å². The molecule has 0 saturated carbocycles. The SMILES string of the molecule is CNc1nc(NCCCOC)nc(NCCCOC)n1. The van der Waals surface area contributed by atoms with Gasteiger partial charge in [-0.15, -0.1) is 0 Å². The highest BCUT2D eigenvalue weighted by Gasteiger charge is 2.04. The summed E-state index contributed by atoms with van der Waals surface area (Å²) in [5.41, 5.74) is 0. The second kappa shape index (κ2) is 10.2. The lowest BCUT2D eigenvalue weighted by molar-refractivity contribution is 0.197. The van der Waals surface area contributed by atoms with Crippen LogP contribution in [0.25, 0.3) is 0 Å². The summed E-state index contributed by atoms with van der Waals surface area (Å²) in [5, 5.41) is 9.22. The molecule has 0 saturated heterocycles. The number of nitrogens with one attached hydrogen (secondary N) is 3. The second-order valence-electron chi connectivity index (χ2n) is 4.10. The molecule has 0 spiro atoms. The van der Waals surface area contributed by atoms with Crippen LogP contribution < -0.4 is 16.0 Å². The number of methoxy groups -OCH3 is 2. The molecule has 0 aliphatic carbocycles. The molecular formula is C12H24N6O2. The Morgan fingerprint density at radius 3 is 1.65 bits per heavy atom. The summed E-state index contributed by atoms with van der Waals surface area (Å²) in [6.45, 7) is 2.92. The van der Waals surface area contributed by atoms with Gasteiger partial charge in [-0.2, -0.15) is 15.0 Å². The minimum Gasteiger partial charge on any atom is -0.385 e. The molecule has 0 amide bonds. The van der Waals surface area contributed by atoms with Crippen LogP contribution in [-0.2, 0) is 9.47 Å². The van der Waals surface area contributed by atoms with Crippen LogP contribution in [0.3, 0.4) is 0 Å². The molecule has 0 bridgehead atoms. The molecular weight excluding hydrogens is 260 g/mol. The quantitative estimate of drug-likeness (QED) is 0.514. The fourth-order valence-electron chi connectivity index (χ4n) is 1.48. The van der Waals surface area contributed by atoms with Gasteiger partial charge < -0.3 is 25.4 Å². The molecule has 20 heavy (non-hydrogen) atoms. The molecule has 0 radical (unpaired) electrons. The second-order valence-corrected chi connectivity index (χ2v) is 4.10. The Labute approximate surface area is 119 Å². The van der Waals surface area contributed by atoms with Crippen LogP contribution >= 0.6 is 0 Å². The Morgan fingerprint density at radius 1 is 0.800 bits per heavy atom. The number of aromatic nitrogens is 3. The minimum absolute atomic E-state index is 0.531. The number of rotatable bonds is 11. The minimum atomic E-state index is 0.531. The Kier molecular flexibility index (Phi) is 8.32. The predicted octanol–water partition coefficient (Wildman–Crippen LogP) is 0.810. The van der Waals surface area contributed by atoms with E-state index < -0.39 is 0 Å². The van der Waals surface area contributed by atoms with E-state index in [4.69, 9.17) is 9.47 Å². The van der Waals surface area contributed by atoms with Gasteiger partial charge in [-0.3, -0.25) is 0 Å². The van der Waals surface area contributed by atoms with Crippen molar-refractivity contribution in [3.05, 3.63) is 0 Å². The lowest BCUT2D eigenvalue weighted by atomic mass is 10.4. The van der Waals surface area contributed by atoms with Crippen molar-refractivity contribution in [3.8, 4) is 0 Å². The van der Waals surface area contributed by atoms with Crippen LogP contribution in [0.1, 0.15) is 12.8 Å². The maximum atomic E-state index is 4.99. The highest BCUT2D eigenvalue weighted by atomic mass is 16.5. The van der Waals surface area contributed by atoms with Gasteiger partial charge in [0, 0.05) is 47.6 Å². The standard InChI is InChI=1S/C12H24N6O2/c1-13-10-16-11(14-6-4-8-19-2)18-12(17-10)15-7-5-9-20-3/h4-9H2,1-3H3,(H3,13,14,15,16,17,18). The van der Waals surface area contributed by atoms with Gasteiger partial charge in [0.2, 0.25) is 17.8 Å². The maximum absolute atomic E-state index is 4.99. The van der Waals surface area contributed by atoms with Crippen molar-refractivity contribution in [2.24, 2.45) is 0 Å². The first-order valence-electron chi connectivity index (χ1n) is 6.69. The Morgan fingerprint density at radius 2 is 1.25 bits per heavy atom. The van der Waals surface area contributed by atoms with Crippen LogP contribution in [0.2, 0.25) is 0 Å². The molecule has 0 aromatic carbocycles. The molecule has 0 fully saturated rings. The summed E-state index contributed by atoms with van der Waals surface area (Å²) in [4.78, 5) is 12.8. The van der Waals surface area contributed by atoms with Crippen molar-refractivity contribution in [1.82, 2.24) is 15.0 Å². The predicted molar refractivity (Wildman–Crippen MR) is 79.3 cm³/mol. The first-order valence-corrected chi connectivity index (χ1v) is 6.69. The highest BCUT2D eigenvalue weighted by molar-refractivity contribution is 5.41. The lowest BCUT2D eigenvalue weighted by Crippen LogP contribution is -2.13. The molecule has 0 aliphatic heterocycles. The van der Waals surface area contributed by atoms with E-state index in [9.17, 15) is 0 Å². The third-order valence-corrected chi connectivity index (χ3v) is 2.48. The van der Waals surface area contributed by atoms with E-state index >= 15 is 0 Å². The first kappa shape index (κ1) is 16.4. The monoisotopic (exact) mass is 284 g/mol. The van der Waals surface area contributed by atoms with Crippen LogP contribution in [-0.4, -0.2) is 62.5 Å². The average molecular weight is 284 g/mol. The molecule has 1 aromatic rings. The van der Waals surface area contributed by atoms with Gasteiger partial charge in [0.25, 0.3) is 0 Å². The third kappa shape index (κ3) is 6.48. The van der Waals surface area contributed by atoms with Crippen LogP contribution in [0.4, 0.5) is 17.8 Å². The fourth-order valence-corrected chi connectivity index (χ4v) is 1.48. The summed E-state index contributed by atoms with van der Waals surface area (Å²) >= 11 is 0. The Bertz CT molecular complexity index is 347. The zero-order valence-corrected chi connectivity index (χ0v) is 12.4. The summed E-state index contributed by atoms with van der Waals surface area (Å²) in [6.07, 6.45) is 1.79. The van der Waals surface area contributed by atoms with E-state index in [1.807, 2.05) is 0 Å². The lowest BCUT2D eigenvalue weighted by Gasteiger charge is -2.09. The maximum Gasteiger partial charge on any atom is 0.229 e. The number of nitrogens with zero attached hydrogens (tertiary/aromatic N) is 3. The van der Waals surface area contributed by atoms with E-state index in [1.165, 1.54) is 0 Å². The highest BCUT2D eigenvalue weighted by Crippen LogP contribution is 2.08. The molecule has 0 aliphatic rings. The van der Waals surface area contributed by atoms with Gasteiger partial charge in [0.15, 0.2) is 0 Å². The molecule has 8 nitrogen and oxygen atoms in total. The largest absolute Gasteiger partial charge is 0.385 e. The molecule has 3 N–H and O–H groups in total. The van der Waals surface area contributed by atoms with Crippen LogP contribution in [0, 0.1) is 0 Å². The number of hydrogen-bond acceptors (Lipinski definition) is 8. The number of hydrogen-bond donors (Lipinski definition) is 3. The zero-order valence-electron chi connectivity index (χ0n) is 12.4. The Balaban J connectivity index is 2.51. The fraction of sp³-hybridized carbons (Fsp3) is 0.750. The van der Waals surface area contributed by atoms with Crippen molar-refractivity contribution in [3.63, 3.8) is 0 Å². The van der Waals surface area contributed by atoms with E-state index in [1.54, 1.807) is 21.3 Å². The average Bonchev–Trinajstić information content (AvgIpc) is 2.48. The molecule has 0 atom stereocenters. The van der Waals surface area contributed by atoms with Crippen molar-refractivity contribution in [1.29, 1.82) is 0 Å². The van der Waals surface area contributed by atoms with Crippen molar-refractivity contribution in [2.75, 3.05) is 63.5 Å². The number of ether oxygens (including phenoxy) is 2. The zero-order chi connectivity index (χ0) is 14.6. The van der Waals surface area contributed by atoms with Gasteiger partial charge in [-0.1, -0.05) is 0 Å². The molecule has 8 heteroatoms. The number of anilines is 3. The summed E-state index contributed by atoms with van der Waals surface area (Å²) < 4.78 is 9.99. The molecule has 1 rings (SSSR count). The van der Waals surface area contributed by atoms with Crippen molar-refractivity contribution in [2.45, 2.75) is 12.8 Å². The van der Waals surface area contributed by atoms with Gasteiger partial charge in [-0.25, -0.2) is 0 Å². The molecule has 0 unspecified atom stereocenters. The third-order valence-electron chi connectivity index (χ3n) is 2.48. The van der Waals surface area contributed by atoms with E-state index in [-0.39, 0.29) is 0 Å². The van der Waals surface area contributed by atoms with Gasteiger partial charge in [0.1, 0.15) is 0 Å². The summed E-state index contributed by atoms with van der Waals surface area (Å²) in [7, 11) is 5.15. The van der Waals surface area contributed by atoms with Gasteiger partial charge in [-0.05, 0) is 12.8 Å². The Hall–Kier alpha value is -1.67. The van der Waals surface area contributed by atoms with E-state index in [0.29, 0.717) is 31.1 Å². The smallest absolute Gasteiger partial charge is 0.229 e. The summed E-state index contributed by atoms with van der Waals surface area (Å²) in [6, 6.07) is 0.